The fraction of sp³-hybridized carbons (Fsp3) is 0.214. The Kier molecular flexibility index (Phi) is 3.93. The molecule has 1 heterocycles. The molecule has 0 fully saturated rings. The van der Waals surface area contributed by atoms with Crippen LogP contribution in [0.4, 0.5) is 13.2 Å². The Balaban J connectivity index is 2.41. The number of nitrogens with zero attached hydrogens (tertiary/aromatic N) is 2. The molecule has 0 aliphatic heterocycles. The van der Waals surface area contributed by atoms with E-state index in [4.69, 9.17) is 5.73 Å². The third-order valence-electron chi connectivity index (χ3n) is 2.99. The minimum atomic E-state index is -4.57. The summed E-state index contributed by atoms with van der Waals surface area (Å²) < 4.78 is 37.2. The van der Waals surface area contributed by atoms with Crippen LogP contribution in [0.25, 0.3) is 11.1 Å². The first kappa shape index (κ1) is 15.0. The molecule has 2 N–H and O–H groups in total. The van der Waals surface area contributed by atoms with E-state index in [1.165, 1.54) is 0 Å². The van der Waals surface area contributed by atoms with E-state index in [1.54, 1.807) is 18.2 Å². The van der Waals surface area contributed by atoms with Gasteiger partial charge in [-0.3, -0.25) is 4.79 Å². The van der Waals surface area contributed by atoms with Crippen LogP contribution in [0.15, 0.2) is 30.6 Å². The van der Waals surface area contributed by atoms with Crippen molar-refractivity contribution in [1.29, 1.82) is 0 Å². The first-order valence-corrected chi connectivity index (χ1v) is 6.15. The number of benzene rings is 1. The molecule has 0 aliphatic carbocycles. The minimum absolute atomic E-state index is 0.397. The third-order valence-corrected chi connectivity index (χ3v) is 2.99. The average molecular weight is 295 g/mol. The monoisotopic (exact) mass is 295 g/mol. The zero-order chi connectivity index (χ0) is 15.6. The van der Waals surface area contributed by atoms with Crippen molar-refractivity contribution in [2.75, 3.05) is 0 Å². The number of carbonyl (C=O) groups excluding carboxylic acids is 1. The number of carbonyl (C=O) groups is 1. The van der Waals surface area contributed by atoms with Crippen LogP contribution in [0.1, 0.15) is 28.7 Å². The largest absolute Gasteiger partial charge is 0.451 e. The average Bonchev–Trinajstić information content (AvgIpc) is 2.45. The number of aryl methyl sites for hydroxylation is 1. The van der Waals surface area contributed by atoms with Crippen molar-refractivity contribution in [3.05, 3.63) is 47.5 Å². The molecule has 0 bridgehead atoms. The van der Waals surface area contributed by atoms with Crippen LogP contribution in [0.2, 0.25) is 0 Å². The summed E-state index contributed by atoms with van der Waals surface area (Å²) in [6.45, 7) is 1.86. The second-order valence-corrected chi connectivity index (χ2v) is 4.38. The molecule has 0 atom stereocenters. The molecule has 7 heteroatoms. The number of amides is 1. The molecule has 21 heavy (non-hydrogen) atoms. The highest BCUT2D eigenvalue weighted by Crippen LogP contribution is 2.27. The first-order chi connectivity index (χ1) is 9.82. The summed E-state index contributed by atoms with van der Waals surface area (Å²) in [7, 11) is 0. The lowest BCUT2D eigenvalue weighted by Gasteiger charge is -2.09. The number of hydrogen-bond acceptors (Lipinski definition) is 3. The quantitative estimate of drug-likeness (QED) is 0.946. The Morgan fingerprint density at radius 1 is 1.19 bits per heavy atom. The van der Waals surface area contributed by atoms with Gasteiger partial charge in [0.25, 0.3) is 0 Å². The van der Waals surface area contributed by atoms with Gasteiger partial charge >= 0.3 is 6.18 Å². The summed E-state index contributed by atoms with van der Waals surface area (Å²) >= 11 is 0. The van der Waals surface area contributed by atoms with Crippen molar-refractivity contribution in [3.8, 4) is 11.1 Å². The summed E-state index contributed by atoms with van der Waals surface area (Å²) in [6, 6.07) is 4.85. The van der Waals surface area contributed by atoms with E-state index in [0.29, 0.717) is 23.1 Å². The van der Waals surface area contributed by atoms with Crippen LogP contribution >= 0.6 is 0 Å². The molecule has 0 aliphatic rings. The highest BCUT2D eigenvalue weighted by atomic mass is 19.4. The van der Waals surface area contributed by atoms with Gasteiger partial charge < -0.3 is 5.73 Å². The van der Waals surface area contributed by atoms with E-state index in [1.807, 2.05) is 6.92 Å². The van der Waals surface area contributed by atoms with E-state index >= 15 is 0 Å². The summed E-state index contributed by atoms with van der Waals surface area (Å²) in [6.07, 6.45) is -1.78. The summed E-state index contributed by atoms with van der Waals surface area (Å²) in [5.41, 5.74) is 7.45. The number of aromatic nitrogens is 2. The Morgan fingerprint density at radius 3 is 2.29 bits per heavy atom. The summed E-state index contributed by atoms with van der Waals surface area (Å²) in [5.74, 6) is -1.72. The summed E-state index contributed by atoms with van der Waals surface area (Å²) in [4.78, 5) is 17.9. The molecule has 4 nitrogen and oxygen atoms in total. The minimum Gasteiger partial charge on any atom is -0.366 e. The van der Waals surface area contributed by atoms with Crippen LogP contribution < -0.4 is 5.73 Å². The number of hydrogen-bond donors (Lipinski definition) is 1. The predicted octanol–water partition coefficient (Wildman–Crippen LogP) is 2.82. The zero-order valence-corrected chi connectivity index (χ0v) is 11.1. The number of primary amides is 1. The number of halogens is 3. The molecular formula is C14H12F3N3O. The lowest BCUT2D eigenvalue weighted by Crippen LogP contribution is -2.13. The summed E-state index contributed by atoms with van der Waals surface area (Å²) in [5, 5.41) is 0. The SMILES string of the molecule is CCc1cc(-c2cnc(C(F)(F)F)nc2)ccc1C(N)=O. The zero-order valence-electron chi connectivity index (χ0n) is 11.1. The maximum absolute atomic E-state index is 12.4. The second-order valence-electron chi connectivity index (χ2n) is 4.38. The maximum atomic E-state index is 12.4. The maximum Gasteiger partial charge on any atom is 0.451 e. The van der Waals surface area contributed by atoms with Gasteiger partial charge in [0.15, 0.2) is 0 Å². The van der Waals surface area contributed by atoms with E-state index in [0.717, 1.165) is 18.0 Å². The van der Waals surface area contributed by atoms with Gasteiger partial charge in [-0.15, -0.1) is 0 Å². The Bertz CT molecular complexity index is 666. The highest BCUT2D eigenvalue weighted by molar-refractivity contribution is 5.95. The van der Waals surface area contributed by atoms with Crippen LogP contribution in [-0.2, 0) is 12.6 Å². The van der Waals surface area contributed by atoms with Crippen molar-refractivity contribution in [3.63, 3.8) is 0 Å². The highest BCUT2D eigenvalue weighted by Gasteiger charge is 2.34. The van der Waals surface area contributed by atoms with E-state index in [-0.39, 0.29) is 0 Å². The van der Waals surface area contributed by atoms with Crippen molar-refractivity contribution in [2.24, 2.45) is 5.73 Å². The molecule has 0 spiro atoms. The fourth-order valence-electron chi connectivity index (χ4n) is 1.93. The molecular weight excluding hydrogens is 283 g/mol. The van der Waals surface area contributed by atoms with Gasteiger partial charge in [0.05, 0.1) is 0 Å². The molecule has 1 aromatic carbocycles. The van der Waals surface area contributed by atoms with Crippen molar-refractivity contribution >= 4 is 5.91 Å². The van der Waals surface area contributed by atoms with Gasteiger partial charge in [-0.05, 0) is 23.6 Å². The number of nitrogens with two attached hydrogens (primary N) is 1. The van der Waals surface area contributed by atoms with Crippen LogP contribution in [0.5, 0.6) is 0 Å². The van der Waals surface area contributed by atoms with E-state index in [2.05, 4.69) is 9.97 Å². The molecule has 1 aromatic heterocycles. The number of rotatable bonds is 3. The molecule has 0 radical (unpaired) electrons. The van der Waals surface area contributed by atoms with Crippen molar-refractivity contribution in [2.45, 2.75) is 19.5 Å². The van der Waals surface area contributed by atoms with Crippen LogP contribution in [-0.4, -0.2) is 15.9 Å². The van der Waals surface area contributed by atoms with Gasteiger partial charge in [0, 0.05) is 23.5 Å². The molecule has 2 rings (SSSR count). The third kappa shape index (κ3) is 3.18. The second kappa shape index (κ2) is 5.51. The van der Waals surface area contributed by atoms with Crippen molar-refractivity contribution in [1.82, 2.24) is 9.97 Å². The molecule has 0 saturated heterocycles. The van der Waals surface area contributed by atoms with Gasteiger partial charge in [-0.1, -0.05) is 19.1 Å². The molecule has 110 valence electrons. The van der Waals surface area contributed by atoms with Crippen LogP contribution in [0.3, 0.4) is 0 Å². The standard InChI is InChI=1S/C14H12F3N3O/c1-2-8-5-9(3-4-11(8)12(18)21)10-6-19-13(20-7-10)14(15,16)17/h3-7H,2H2,1H3,(H2,18,21). The topological polar surface area (TPSA) is 68.9 Å². The van der Waals surface area contributed by atoms with E-state index in [9.17, 15) is 18.0 Å². The molecule has 0 unspecified atom stereocenters. The van der Waals surface area contributed by atoms with E-state index < -0.39 is 17.9 Å². The Morgan fingerprint density at radius 2 is 1.81 bits per heavy atom. The molecule has 0 saturated carbocycles. The van der Waals surface area contributed by atoms with Gasteiger partial charge in [0.1, 0.15) is 0 Å². The normalized spacial score (nSPS) is 11.4. The van der Waals surface area contributed by atoms with Gasteiger partial charge in [0.2, 0.25) is 11.7 Å². The van der Waals surface area contributed by atoms with Crippen molar-refractivity contribution < 1.29 is 18.0 Å². The Labute approximate surface area is 118 Å². The fourth-order valence-corrected chi connectivity index (χ4v) is 1.93. The smallest absolute Gasteiger partial charge is 0.366 e. The lowest BCUT2D eigenvalue weighted by molar-refractivity contribution is -0.144. The molecule has 1 amide bonds. The van der Waals surface area contributed by atoms with Gasteiger partial charge in [-0.2, -0.15) is 13.2 Å². The van der Waals surface area contributed by atoms with Gasteiger partial charge in [-0.25, -0.2) is 9.97 Å². The predicted molar refractivity (Wildman–Crippen MR) is 70.4 cm³/mol. The molecule has 2 aromatic rings. The first-order valence-electron chi connectivity index (χ1n) is 6.15. The number of alkyl halides is 3. The van der Waals surface area contributed by atoms with Crippen LogP contribution in [0, 0.1) is 0 Å². The Hall–Kier alpha value is -2.44. The lowest BCUT2D eigenvalue weighted by atomic mass is 9.99.